The van der Waals surface area contributed by atoms with Crippen molar-refractivity contribution in [1.82, 2.24) is 34.1 Å². The fourth-order valence-corrected chi connectivity index (χ4v) is 15.9. The molecule has 82 heavy (non-hydrogen) atoms. The van der Waals surface area contributed by atoms with E-state index in [1.807, 2.05) is 29.0 Å². The van der Waals surface area contributed by atoms with Gasteiger partial charge >= 0.3 is 19.4 Å². The molecule has 22 nitrogen and oxygen atoms in total. The molecule has 2 unspecified atom stereocenters. The van der Waals surface area contributed by atoms with Crippen molar-refractivity contribution >= 4 is 93.6 Å². The molecule has 0 saturated carbocycles. The van der Waals surface area contributed by atoms with Crippen molar-refractivity contribution in [3.8, 4) is 6.07 Å². The Balaban J connectivity index is 1.05. The van der Waals surface area contributed by atoms with E-state index in [9.17, 15) is 19.7 Å². The first-order valence-electron chi connectivity index (χ1n) is 27.2. The molecule has 10 atom stereocenters. The molecular weight excluding hydrogens is 1160 g/mol. The van der Waals surface area contributed by atoms with Crippen LogP contribution in [0.25, 0.3) is 22.2 Å². The quantitative estimate of drug-likeness (QED) is 0.0489. The first-order chi connectivity index (χ1) is 38.8. The number of esters is 1. The van der Waals surface area contributed by atoms with Crippen molar-refractivity contribution < 1.29 is 60.2 Å². The second-order valence-corrected chi connectivity index (χ2v) is 38.9. The normalized spacial score (nSPS) is 27.5. The van der Waals surface area contributed by atoms with Crippen molar-refractivity contribution in [1.29, 1.82) is 5.26 Å². The minimum atomic E-state index is -4.32. The number of anilines is 1. The summed E-state index contributed by atoms with van der Waals surface area (Å²) < 4.78 is 71.4. The van der Waals surface area contributed by atoms with Crippen LogP contribution in [0, 0.1) is 11.3 Å². The van der Waals surface area contributed by atoms with Crippen LogP contribution in [0.4, 0.5) is 5.82 Å². The zero-order valence-electron chi connectivity index (χ0n) is 47.4. The number of aryl methyl sites for hydroxylation is 1. The number of hydrogen-bond acceptors (Lipinski definition) is 20. The third-order valence-electron chi connectivity index (χ3n) is 16.2. The maximum atomic E-state index is 14.2. The van der Waals surface area contributed by atoms with Crippen LogP contribution in [0.5, 0.6) is 0 Å². The fraction of sp³-hybridized carbons (Fsp3) is 0.519. The minimum absolute atomic E-state index is 0.0539. The molecule has 4 aliphatic heterocycles. The summed E-state index contributed by atoms with van der Waals surface area (Å²) in [6, 6.07) is 19.8. The van der Waals surface area contributed by atoms with Crippen LogP contribution in [0.3, 0.4) is 0 Å². The van der Waals surface area contributed by atoms with Gasteiger partial charge in [0, 0.05) is 18.3 Å². The molecule has 4 aromatic heterocycles. The number of rotatable bonds is 13. The molecule has 3 saturated heterocycles. The van der Waals surface area contributed by atoms with Crippen LogP contribution in [0.1, 0.15) is 98.8 Å². The van der Waals surface area contributed by atoms with Gasteiger partial charge in [-0.2, -0.15) is 5.26 Å². The summed E-state index contributed by atoms with van der Waals surface area (Å²) in [4.78, 5) is 64.7. The average Bonchev–Trinajstić information content (AvgIpc) is 4.22. The van der Waals surface area contributed by atoms with Gasteiger partial charge in [0.1, 0.15) is 78.6 Å². The van der Waals surface area contributed by atoms with Crippen LogP contribution in [-0.2, 0) is 82.3 Å². The SMILES string of the molecule is CC(C)(C)[Si](C)(C)O[C@@H]1[C@@H]2OP(O)(=S)OC[C@H]3O[C@@H](n4cnc5c(COC(=O)c6ccccc6)ncnc54)[C@H](OP(=S)(OCCC#N)OC[C@H]2O[C@H]1n1cc2c4c(ncnc41)N(C(=O)c1ccccc1)CCC2)[C@@H]3O[Si](C)(C)C(C)(C)C. The van der Waals surface area contributed by atoms with Gasteiger partial charge in [0.2, 0.25) is 0 Å². The van der Waals surface area contributed by atoms with Crippen molar-refractivity contribution in [3.05, 3.63) is 108 Å². The highest BCUT2D eigenvalue weighted by Crippen LogP contribution is 2.58. The Kier molecular flexibility index (Phi) is 17.5. The highest BCUT2D eigenvalue weighted by molar-refractivity contribution is 8.07. The molecule has 3 fully saturated rings. The minimum Gasteiger partial charge on any atom is -0.455 e. The van der Waals surface area contributed by atoms with Crippen LogP contribution in [0.15, 0.2) is 85.8 Å². The molecule has 8 heterocycles. The van der Waals surface area contributed by atoms with Gasteiger partial charge in [-0.25, -0.2) is 29.7 Å². The zero-order chi connectivity index (χ0) is 58.6. The molecule has 10 rings (SSSR count). The lowest BCUT2D eigenvalue weighted by atomic mass is 10.1. The predicted molar refractivity (Wildman–Crippen MR) is 315 cm³/mol. The first kappa shape index (κ1) is 60.5. The van der Waals surface area contributed by atoms with Gasteiger partial charge in [-0.05, 0) is 103 Å². The monoisotopic (exact) mass is 1230 g/mol. The van der Waals surface area contributed by atoms with E-state index in [0.717, 1.165) is 5.56 Å². The first-order valence-corrected chi connectivity index (χ1v) is 38.1. The molecule has 0 spiro atoms. The number of benzene rings is 2. The Hall–Kier alpha value is -4.63. The Morgan fingerprint density at radius 3 is 2.10 bits per heavy atom. The molecule has 0 radical (unpaired) electrons. The maximum Gasteiger partial charge on any atom is 0.338 e. The number of ether oxygens (including phenoxy) is 3. The summed E-state index contributed by atoms with van der Waals surface area (Å²) in [5.74, 6) is -0.273. The van der Waals surface area contributed by atoms with Gasteiger partial charge in [-0.1, -0.05) is 77.9 Å². The van der Waals surface area contributed by atoms with Crippen molar-refractivity contribution in [2.24, 2.45) is 0 Å². The molecule has 0 aliphatic carbocycles. The van der Waals surface area contributed by atoms with E-state index in [1.165, 1.54) is 19.0 Å². The number of amides is 1. The third kappa shape index (κ3) is 12.4. The van der Waals surface area contributed by atoms with Crippen LogP contribution in [0.2, 0.25) is 36.3 Å². The van der Waals surface area contributed by atoms with Gasteiger partial charge in [0.25, 0.3) is 5.91 Å². The second-order valence-electron chi connectivity index (χ2n) is 23.7. The predicted octanol–water partition coefficient (Wildman–Crippen LogP) is 9.99. The molecule has 6 aromatic rings. The zero-order valence-corrected chi connectivity index (χ0v) is 52.9. The fourth-order valence-electron chi connectivity index (χ4n) is 9.82. The topological polar surface area (TPSA) is 248 Å². The van der Waals surface area contributed by atoms with Crippen molar-refractivity contribution in [2.75, 3.05) is 31.3 Å². The summed E-state index contributed by atoms with van der Waals surface area (Å²) >= 11 is 12.4. The number of aromatic nitrogens is 7. The van der Waals surface area contributed by atoms with Crippen LogP contribution >= 0.6 is 13.4 Å². The van der Waals surface area contributed by atoms with E-state index >= 15 is 0 Å². The van der Waals surface area contributed by atoms with E-state index in [-0.39, 0.29) is 48.8 Å². The van der Waals surface area contributed by atoms with E-state index in [1.54, 1.807) is 51.9 Å². The highest BCUT2D eigenvalue weighted by atomic mass is 32.5. The average molecular weight is 1230 g/mol. The third-order valence-corrected chi connectivity index (χ3v) is 29.0. The number of fused-ring (bicyclic) bond motifs is 4. The number of nitriles is 1. The van der Waals surface area contributed by atoms with Crippen LogP contribution < -0.4 is 4.90 Å². The summed E-state index contributed by atoms with van der Waals surface area (Å²) in [5, 5.41) is 9.82. The van der Waals surface area contributed by atoms with E-state index < -0.39 is 85.1 Å². The van der Waals surface area contributed by atoms with E-state index in [4.69, 9.17) is 84.2 Å². The molecule has 1 amide bonds. The number of imidazole rings is 1. The Morgan fingerprint density at radius 1 is 0.780 bits per heavy atom. The number of nitrogens with zero attached hydrogens (tertiary/aromatic N) is 9. The van der Waals surface area contributed by atoms with Gasteiger partial charge in [0.15, 0.2) is 34.7 Å². The van der Waals surface area contributed by atoms with Crippen molar-refractivity contribution in [3.63, 3.8) is 0 Å². The summed E-state index contributed by atoms with van der Waals surface area (Å²) in [6.07, 6.45) is -1.15. The lowest BCUT2D eigenvalue weighted by molar-refractivity contribution is -0.0619. The van der Waals surface area contributed by atoms with Gasteiger partial charge in [0.05, 0.1) is 49.6 Å². The Morgan fingerprint density at radius 2 is 1.41 bits per heavy atom. The number of carbonyl (C=O) groups excluding carboxylic acids is 2. The van der Waals surface area contributed by atoms with Crippen LogP contribution in [-0.4, -0.2) is 130 Å². The molecule has 4 aliphatic rings. The highest BCUT2D eigenvalue weighted by Gasteiger charge is 2.57. The summed E-state index contributed by atoms with van der Waals surface area (Å²) in [5.41, 5.74) is 3.21. The number of hydrogen-bond donors (Lipinski definition) is 1. The Bertz CT molecular complexity index is 3470. The van der Waals surface area contributed by atoms with E-state index in [0.29, 0.717) is 64.2 Å². The largest absolute Gasteiger partial charge is 0.455 e. The lowest BCUT2D eigenvalue weighted by Gasteiger charge is -2.41. The van der Waals surface area contributed by atoms with E-state index in [2.05, 4.69) is 83.8 Å². The van der Waals surface area contributed by atoms with Gasteiger partial charge < -0.3 is 46.1 Å². The lowest BCUT2D eigenvalue weighted by Crippen LogP contribution is -2.50. The molecule has 1 N–H and O–H groups in total. The Labute approximate surface area is 488 Å². The molecule has 2 bridgehead atoms. The summed E-state index contributed by atoms with van der Waals surface area (Å²) in [6.45, 7) is 12.0. The number of carbonyl (C=O) groups is 2. The smallest absolute Gasteiger partial charge is 0.338 e. The standard InChI is InChI=1S/C54H69N9O13P2S2Si2/c1-53(2,3)81(7,8)75-43-39-29-69-77(66,79)73-42-38(30-70-78(80,68-26-18-24-55)74-44(43)50(72-39)63-33-60-41-37(56-31-59-48(41)63)28-67-52(65)35-21-15-12-16-22-35)71-51(45(42)76-82(9,10)54(4,5)6)62-27-36-23-17-25-61(46-40(36)47(62)58-32-57-46)49(64)34-19-13-11-14-20-34/h11-16,19-22,27,31-33,38-39,42-45,50-51H,17-18,23,25-26,28-30H2,1-10H3,(H,66,79)/t38-,39-,42-,43-,44-,45-,50-,51-,77?,78?/m1/s1. The summed E-state index contributed by atoms with van der Waals surface area (Å²) in [7, 11) is -5.55. The maximum absolute atomic E-state index is 14.2. The molecule has 438 valence electrons. The molecular formula is C54H69N9O13P2S2Si2. The molecule has 2 aromatic carbocycles. The van der Waals surface area contributed by atoms with Crippen molar-refractivity contribution in [2.45, 2.75) is 153 Å². The second kappa shape index (κ2) is 23.7. The molecule has 28 heteroatoms. The van der Waals surface area contributed by atoms with Gasteiger partial charge in [-0.3, -0.25) is 23.3 Å². The van der Waals surface area contributed by atoms with Gasteiger partial charge in [-0.15, -0.1) is 0 Å².